The van der Waals surface area contributed by atoms with Crippen LogP contribution in [0.25, 0.3) is 0 Å². The molecule has 0 saturated carbocycles. The van der Waals surface area contributed by atoms with E-state index >= 15 is 0 Å². The van der Waals surface area contributed by atoms with Crippen LogP contribution in [0.2, 0.25) is 0 Å². The summed E-state index contributed by atoms with van der Waals surface area (Å²) >= 11 is 0. The molecule has 2 rings (SSSR count). The van der Waals surface area contributed by atoms with Gasteiger partial charge in [-0.3, -0.25) is 9.59 Å². The lowest BCUT2D eigenvalue weighted by atomic mass is 9.88. The van der Waals surface area contributed by atoms with E-state index in [1.165, 1.54) is 14.0 Å². The van der Waals surface area contributed by atoms with E-state index in [1.807, 2.05) is 32.9 Å². The molecule has 0 aromatic carbocycles. The Kier molecular flexibility index (Phi) is 5.83. The van der Waals surface area contributed by atoms with Crippen molar-refractivity contribution in [3.63, 3.8) is 0 Å². The summed E-state index contributed by atoms with van der Waals surface area (Å²) in [6, 6.07) is 3.81. The number of carbonyl (C=O) groups is 2. The first-order valence-electron chi connectivity index (χ1n) is 8.20. The van der Waals surface area contributed by atoms with Crippen molar-refractivity contribution in [2.75, 3.05) is 13.7 Å². The predicted octanol–water partition coefficient (Wildman–Crippen LogP) is 2.98. The number of rotatable bonds is 7. The molecule has 0 amide bonds. The van der Waals surface area contributed by atoms with Crippen LogP contribution in [-0.2, 0) is 23.8 Å². The molecule has 6 nitrogen and oxygen atoms in total. The van der Waals surface area contributed by atoms with Gasteiger partial charge in [-0.25, -0.2) is 0 Å². The number of furan rings is 1. The molecule has 1 fully saturated rings. The number of aryl methyl sites for hydroxylation is 1. The van der Waals surface area contributed by atoms with Crippen LogP contribution >= 0.6 is 0 Å². The van der Waals surface area contributed by atoms with Crippen LogP contribution < -0.4 is 0 Å². The molecule has 1 unspecified atom stereocenters. The van der Waals surface area contributed by atoms with E-state index in [0.717, 1.165) is 11.5 Å². The highest BCUT2D eigenvalue weighted by Crippen LogP contribution is 2.36. The number of hydrogen-bond acceptors (Lipinski definition) is 6. The number of hydrogen-bond donors (Lipinski definition) is 0. The van der Waals surface area contributed by atoms with Gasteiger partial charge in [0.15, 0.2) is 5.79 Å². The Balaban J connectivity index is 2.14. The Labute approximate surface area is 142 Å². The minimum Gasteiger partial charge on any atom is -0.468 e. The van der Waals surface area contributed by atoms with E-state index in [0.29, 0.717) is 19.4 Å². The quantitative estimate of drug-likeness (QED) is 0.562. The molecule has 0 N–H and O–H groups in total. The van der Waals surface area contributed by atoms with E-state index in [1.54, 1.807) is 0 Å². The number of ether oxygens (including phenoxy) is 3. The Morgan fingerprint density at radius 1 is 1.33 bits per heavy atom. The van der Waals surface area contributed by atoms with Crippen molar-refractivity contribution in [2.45, 2.75) is 58.3 Å². The van der Waals surface area contributed by atoms with E-state index in [2.05, 4.69) is 0 Å². The summed E-state index contributed by atoms with van der Waals surface area (Å²) in [6.07, 6.45) is 0.763. The fourth-order valence-electron chi connectivity index (χ4n) is 3.05. The number of Topliss-reactive ketones (excluding diaryl/α,β-unsaturated/α-hetero) is 1. The molecule has 0 bridgehead atoms. The van der Waals surface area contributed by atoms with E-state index in [-0.39, 0.29) is 17.8 Å². The summed E-state index contributed by atoms with van der Waals surface area (Å²) in [5, 5.41) is 0. The van der Waals surface area contributed by atoms with Gasteiger partial charge in [-0.2, -0.15) is 0 Å². The summed E-state index contributed by atoms with van der Waals surface area (Å²) < 4.78 is 22.1. The third-order valence-electron chi connectivity index (χ3n) is 4.35. The maximum absolute atomic E-state index is 11.8. The summed E-state index contributed by atoms with van der Waals surface area (Å²) in [5.74, 6) is -0.598. The molecule has 2 heterocycles. The normalized spacial score (nSPS) is 22.1. The zero-order chi connectivity index (χ0) is 17.9. The summed E-state index contributed by atoms with van der Waals surface area (Å²) in [7, 11) is 1.29. The van der Waals surface area contributed by atoms with E-state index in [9.17, 15) is 9.59 Å². The van der Waals surface area contributed by atoms with Crippen LogP contribution in [0.1, 0.15) is 51.1 Å². The van der Waals surface area contributed by atoms with E-state index < -0.39 is 17.7 Å². The summed E-state index contributed by atoms with van der Waals surface area (Å²) in [4.78, 5) is 23.6. The van der Waals surface area contributed by atoms with Crippen molar-refractivity contribution in [3.05, 3.63) is 23.7 Å². The van der Waals surface area contributed by atoms with Gasteiger partial charge in [0.05, 0.1) is 19.8 Å². The molecule has 0 radical (unpaired) electrons. The zero-order valence-electron chi connectivity index (χ0n) is 15.0. The molecule has 6 heteroatoms. The number of carbonyl (C=O) groups excluding carboxylic acids is 2. The fraction of sp³-hybridized carbons (Fsp3) is 0.667. The van der Waals surface area contributed by atoms with Crippen molar-refractivity contribution in [3.8, 4) is 0 Å². The standard InChI is InChI=1S/C18H26O6/c1-11-6-9-15(23-11)14(16-10-22-18(3,4)24-16)8-7-13(12(2)19)17(20)21-5/h6,9,13-14,16H,7-8,10H2,1-5H3/t13?,14-,16+/m0/s1. The Morgan fingerprint density at radius 2 is 2.04 bits per heavy atom. The number of methoxy groups -OCH3 is 1. The van der Waals surface area contributed by atoms with Crippen molar-refractivity contribution >= 4 is 11.8 Å². The van der Waals surface area contributed by atoms with Crippen LogP contribution in [-0.4, -0.2) is 37.4 Å². The Bertz CT molecular complexity index is 588. The van der Waals surface area contributed by atoms with Crippen molar-refractivity contribution in [1.82, 2.24) is 0 Å². The number of ketones is 1. The molecule has 3 atom stereocenters. The molecule has 1 aromatic rings. The Morgan fingerprint density at radius 3 is 2.50 bits per heavy atom. The molecule has 1 aliphatic heterocycles. The zero-order valence-corrected chi connectivity index (χ0v) is 15.0. The average molecular weight is 338 g/mol. The lowest BCUT2D eigenvalue weighted by molar-refractivity contribution is -0.150. The minimum absolute atomic E-state index is 0.0908. The lowest BCUT2D eigenvalue weighted by Gasteiger charge is -2.24. The molecule has 0 spiro atoms. The second kappa shape index (κ2) is 7.49. The SMILES string of the molecule is COC(=O)C(CC[C@@H](c1ccc(C)o1)[C@H]1COC(C)(C)O1)C(C)=O. The first-order valence-corrected chi connectivity index (χ1v) is 8.20. The summed E-state index contributed by atoms with van der Waals surface area (Å²) in [5.41, 5.74) is 0. The van der Waals surface area contributed by atoms with Crippen molar-refractivity contribution < 1.29 is 28.2 Å². The van der Waals surface area contributed by atoms with Crippen molar-refractivity contribution in [2.24, 2.45) is 5.92 Å². The average Bonchev–Trinajstić information content (AvgIpc) is 3.08. The second-order valence-electron chi connectivity index (χ2n) is 6.69. The van der Waals surface area contributed by atoms with E-state index in [4.69, 9.17) is 18.6 Å². The van der Waals surface area contributed by atoms with Crippen LogP contribution in [0, 0.1) is 12.8 Å². The van der Waals surface area contributed by atoms with Crippen LogP contribution in [0.15, 0.2) is 16.5 Å². The van der Waals surface area contributed by atoms with Gasteiger partial charge in [0, 0.05) is 5.92 Å². The fourth-order valence-corrected chi connectivity index (χ4v) is 3.05. The van der Waals surface area contributed by atoms with Gasteiger partial charge in [-0.15, -0.1) is 0 Å². The minimum atomic E-state index is -0.760. The van der Waals surface area contributed by atoms with Gasteiger partial charge in [-0.05, 0) is 52.7 Å². The number of esters is 1. The largest absolute Gasteiger partial charge is 0.468 e. The van der Waals surface area contributed by atoms with Crippen molar-refractivity contribution in [1.29, 1.82) is 0 Å². The first-order chi connectivity index (χ1) is 11.2. The van der Waals surface area contributed by atoms with Gasteiger partial charge in [0.1, 0.15) is 23.2 Å². The summed E-state index contributed by atoms with van der Waals surface area (Å²) in [6.45, 7) is 7.46. The molecule has 24 heavy (non-hydrogen) atoms. The second-order valence-corrected chi connectivity index (χ2v) is 6.69. The maximum atomic E-state index is 11.8. The molecular formula is C18H26O6. The predicted molar refractivity (Wildman–Crippen MR) is 86.5 cm³/mol. The van der Waals surface area contributed by atoms with Gasteiger partial charge in [0.2, 0.25) is 0 Å². The monoisotopic (exact) mass is 338 g/mol. The highest BCUT2D eigenvalue weighted by molar-refractivity contribution is 5.97. The highest BCUT2D eigenvalue weighted by atomic mass is 16.7. The smallest absolute Gasteiger partial charge is 0.316 e. The molecule has 1 saturated heterocycles. The third-order valence-corrected chi connectivity index (χ3v) is 4.35. The maximum Gasteiger partial charge on any atom is 0.316 e. The molecule has 1 aliphatic rings. The molecule has 134 valence electrons. The molecule has 1 aromatic heterocycles. The lowest BCUT2D eigenvalue weighted by Crippen LogP contribution is -2.28. The highest BCUT2D eigenvalue weighted by Gasteiger charge is 2.40. The van der Waals surface area contributed by atoms with Gasteiger partial charge < -0.3 is 18.6 Å². The van der Waals surface area contributed by atoms with Gasteiger partial charge in [0.25, 0.3) is 0 Å². The van der Waals surface area contributed by atoms with Crippen LogP contribution in [0.4, 0.5) is 0 Å². The molecule has 0 aliphatic carbocycles. The Hall–Kier alpha value is -1.66. The third kappa shape index (κ3) is 4.45. The van der Waals surface area contributed by atoms with Gasteiger partial charge >= 0.3 is 5.97 Å². The van der Waals surface area contributed by atoms with Crippen LogP contribution in [0.5, 0.6) is 0 Å². The molecular weight excluding hydrogens is 312 g/mol. The van der Waals surface area contributed by atoms with Crippen LogP contribution in [0.3, 0.4) is 0 Å². The first kappa shape index (κ1) is 18.7. The van der Waals surface area contributed by atoms with Gasteiger partial charge in [-0.1, -0.05) is 0 Å². The topological polar surface area (TPSA) is 75.0 Å².